The molecule has 1 saturated heterocycles. The van der Waals surface area contributed by atoms with Gasteiger partial charge in [-0.15, -0.1) is 0 Å². The first-order valence-corrected chi connectivity index (χ1v) is 6.56. The minimum Gasteiger partial charge on any atom is -0.504 e. The Kier molecular flexibility index (Phi) is 4.63. The zero-order valence-electron chi connectivity index (χ0n) is 11.1. The van der Waals surface area contributed by atoms with Crippen molar-refractivity contribution in [3.8, 4) is 11.5 Å². The van der Waals surface area contributed by atoms with Crippen LogP contribution in [0.2, 0.25) is 0 Å². The van der Waals surface area contributed by atoms with Crippen LogP contribution in [0.15, 0.2) is 18.2 Å². The van der Waals surface area contributed by atoms with Crippen molar-refractivity contribution in [1.29, 1.82) is 0 Å². The summed E-state index contributed by atoms with van der Waals surface area (Å²) >= 11 is 0. The molecule has 0 unspecified atom stereocenters. The van der Waals surface area contributed by atoms with E-state index >= 15 is 0 Å². The number of carbonyl (C=O) groups is 1. The normalized spacial score (nSPS) is 16.1. The average Bonchev–Trinajstić information content (AvgIpc) is 2.42. The number of anilines is 1. The maximum Gasteiger partial charge on any atom is 0.224 e. The minimum atomic E-state index is 0.0136. The van der Waals surface area contributed by atoms with Crippen LogP contribution in [0.3, 0.4) is 0 Å². The van der Waals surface area contributed by atoms with Gasteiger partial charge < -0.3 is 20.5 Å². The molecule has 5 heteroatoms. The largest absolute Gasteiger partial charge is 0.504 e. The second-order valence-electron chi connectivity index (χ2n) is 4.83. The Labute approximate surface area is 113 Å². The van der Waals surface area contributed by atoms with Crippen LogP contribution in [-0.4, -0.2) is 31.2 Å². The predicted molar refractivity (Wildman–Crippen MR) is 73.5 cm³/mol. The van der Waals surface area contributed by atoms with Gasteiger partial charge in [0, 0.05) is 18.2 Å². The average molecular weight is 264 g/mol. The van der Waals surface area contributed by atoms with Crippen molar-refractivity contribution in [3.63, 3.8) is 0 Å². The molecule has 5 nitrogen and oxygen atoms in total. The van der Waals surface area contributed by atoms with Crippen LogP contribution in [0.1, 0.15) is 19.3 Å². The molecule has 0 spiro atoms. The molecule has 1 aliphatic rings. The second kappa shape index (κ2) is 6.43. The maximum atomic E-state index is 11.9. The third-order valence-electron chi connectivity index (χ3n) is 3.40. The van der Waals surface area contributed by atoms with E-state index in [1.807, 2.05) is 0 Å². The summed E-state index contributed by atoms with van der Waals surface area (Å²) in [4.78, 5) is 11.9. The van der Waals surface area contributed by atoms with Gasteiger partial charge >= 0.3 is 0 Å². The van der Waals surface area contributed by atoms with Crippen molar-refractivity contribution < 1.29 is 14.6 Å². The molecule has 0 atom stereocenters. The minimum absolute atomic E-state index is 0.0136. The second-order valence-corrected chi connectivity index (χ2v) is 4.83. The van der Waals surface area contributed by atoms with Crippen LogP contribution in [0.5, 0.6) is 11.5 Å². The first kappa shape index (κ1) is 13.7. The number of nitrogens with one attached hydrogen (secondary N) is 2. The van der Waals surface area contributed by atoms with Gasteiger partial charge in [0.05, 0.1) is 7.11 Å². The highest BCUT2D eigenvalue weighted by atomic mass is 16.5. The fourth-order valence-electron chi connectivity index (χ4n) is 2.32. The number of amides is 1. The summed E-state index contributed by atoms with van der Waals surface area (Å²) in [5.74, 6) is 0.901. The Morgan fingerprint density at radius 1 is 1.47 bits per heavy atom. The zero-order valence-corrected chi connectivity index (χ0v) is 11.1. The Morgan fingerprint density at radius 2 is 2.21 bits per heavy atom. The molecule has 0 bridgehead atoms. The Bertz CT molecular complexity index is 442. The van der Waals surface area contributed by atoms with Gasteiger partial charge in [0.1, 0.15) is 0 Å². The molecule has 1 fully saturated rings. The van der Waals surface area contributed by atoms with E-state index in [0.717, 1.165) is 25.9 Å². The Hall–Kier alpha value is -1.75. The molecule has 1 aromatic rings. The quantitative estimate of drug-likeness (QED) is 0.724. The van der Waals surface area contributed by atoms with Gasteiger partial charge in [-0.2, -0.15) is 0 Å². The number of carbonyl (C=O) groups excluding carboxylic acids is 1. The number of aromatic hydroxyl groups is 1. The molecule has 3 N–H and O–H groups in total. The molecule has 1 amide bonds. The van der Waals surface area contributed by atoms with Crippen molar-refractivity contribution in [3.05, 3.63) is 18.2 Å². The van der Waals surface area contributed by atoms with Crippen molar-refractivity contribution in [1.82, 2.24) is 5.32 Å². The SMILES string of the molecule is COc1cc(NC(=O)CC2CCNCC2)ccc1O. The van der Waals surface area contributed by atoms with Gasteiger partial charge in [-0.05, 0) is 44.0 Å². The van der Waals surface area contributed by atoms with Crippen molar-refractivity contribution in [2.24, 2.45) is 5.92 Å². The van der Waals surface area contributed by atoms with Crippen LogP contribution >= 0.6 is 0 Å². The standard InChI is InChI=1S/C14H20N2O3/c1-19-13-9-11(2-3-12(13)17)16-14(18)8-10-4-6-15-7-5-10/h2-3,9-10,15,17H,4-8H2,1H3,(H,16,18). The molecule has 104 valence electrons. The Morgan fingerprint density at radius 3 is 2.89 bits per heavy atom. The van der Waals surface area contributed by atoms with Crippen LogP contribution in [0, 0.1) is 5.92 Å². The molecule has 0 aromatic heterocycles. The van der Waals surface area contributed by atoms with E-state index in [1.54, 1.807) is 12.1 Å². The lowest BCUT2D eigenvalue weighted by molar-refractivity contribution is -0.117. The summed E-state index contributed by atoms with van der Waals surface area (Å²) in [6.07, 6.45) is 2.64. The monoisotopic (exact) mass is 264 g/mol. The fraction of sp³-hybridized carbons (Fsp3) is 0.500. The molecule has 0 aliphatic carbocycles. The number of ether oxygens (including phenoxy) is 1. The number of piperidine rings is 1. The number of benzene rings is 1. The lowest BCUT2D eigenvalue weighted by Gasteiger charge is -2.21. The van der Waals surface area contributed by atoms with Crippen LogP contribution in [0.25, 0.3) is 0 Å². The van der Waals surface area contributed by atoms with E-state index in [9.17, 15) is 9.90 Å². The summed E-state index contributed by atoms with van der Waals surface area (Å²) in [7, 11) is 1.48. The summed E-state index contributed by atoms with van der Waals surface area (Å²) in [5, 5.41) is 15.6. The lowest BCUT2D eigenvalue weighted by Crippen LogP contribution is -2.30. The number of methoxy groups -OCH3 is 1. The molecule has 19 heavy (non-hydrogen) atoms. The molecule has 1 aromatic carbocycles. The fourth-order valence-corrected chi connectivity index (χ4v) is 2.32. The number of hydrogen-bond donors (Lipinski definition) is 3. The summed E-state index contributed by atoms with van der Waals surface area (Å²) < 4.78 is 5.01. The first-order valence-electron chi connectivity index (χ1n) is 6.56. The summed E-state index contributed by atoms with van der Waals surface area (Å²) in [5.41, 5.74) is 0.647. The zero-order chi connectivity index (χ0) is 13.7. The van der Waals surface area contributed by atoms with E-state index in [-0.39, 0.29) is 11.7 Å². The van der Waals surface area contributed by atoms with Crippen molar-refractivity contribution in [2.45, 2.75) is 19.3 Å². The molecular formula is C14H20N2O3. The van der Waals surface area contributed by atoms with E-state index < -0.39 is 0 Å². The van der Waals surface area contributed by atoms with Gasteiger partial charge in [-0.3, -0.25) is 4.79 Å². The summed E-state index contributed by atoms with van der Waals surface area (Å²) in [6, 6.07) is 4.80. The molecule has 1 aliphatic heterocycles. The molecule has 2 rings (SSSR count). The third kappa shape index (κ3) is 3.86. The van der Waals surface area contributed by atoms with Gasteiger partial charge in [-0.1, -0.05) is 0 Å². The van der Waals surface area contributed by atoms with Gasteiger partial charge in [0.2, 0.25) is 5.91 Å². The highest BCUT2D eigenvalue weighted by Gasteiger charge is 2.17. The third-order valence-corrected chi connectivity index (χ3v) is 3.40. The lowest BCUT2D eigenvalue weighted by atomic mass is 9.94. The maximum absolute atomic E-state index is 11.9. The van der Waals surface area contributed by atoms with Gasteiger partial charge in [0.15, 0.2) is 11.5 Å². The van der Waals surface area contributed by atoms with E-state index in [1.165, 1.54) is 13.2 Å². The highest BCUT2D eigenvalue weighted by Crippen LogP contribution is 2.28. The van der Waals surface area contributed by atoms with Crippen LogP contribution in [-0.2, 0) is 4.79 Å². The summed E-state index contributed by atoms with van der Waals surface area (Å²) in [6.45, 7) is 1.98. The topological polar surface area (TPSA) is 70.6 Å². The van der Waals surface area contributed by atoms with Crippen LogP contribution < -0.4 is 15.4 Å². The van der Waals surface area contributed by atoms with E-state index in [4.69, 9.17) is 4.74 Å². The number of phenols is 1. The van der Waals surface area contributed by atoms with Crippen molar-refractivity contribution >= 4 is 11.6 Å². The smallest absolute Gasteiger partial charge is 0.224 e. The molecular weight excluding hydrogens is 244 g/mol. The number of hydrogen-bond acceptors (Lipinski definition) is 4. The molecule has 0 saturated carbocycles. The van der Waals surface area contributed by atoms with Gasteiger partial charge in [-0.25, -0.2) is 0 Å². The number of rotatable bonds is 4. The van der Waals surface area contributed by atoms with Crippen molar-refractivity contribution in [2.75, 3.05) is 25.5 Å². The first-order chi connectivity index (χ1) is 9.19. The molecule has 1 heterocycles. The Balaban J connectivity index is 1.90. The van der Waals surface area contributed by atoms with Crippen LogP contribution in [0.4, 0.5) is 5.69 Å². The molecule has 0 radical (unpaired) electrons. The number of phenolic OH excluding ortho intramolecular Hbond substituents is 1. The van der Waals surface area contributed by atoms with Gasteiger partial charge in [0.25, 0.3) is 0 Å². The highest BCUT2D eigenvalue weighted by molar-refractivity contribution is 5.91. The van der Waals surface area contributed by atoms with E-state index in [0.29, 0.717) is 23.8 Å². The predicted octanol–water partition coefficient (Wildman–Crippen LogP) is 1.73. The van der Waals surface area contributed by atoms with E-state index in [2.05, 4.69) is 10.6 Å².